The number of aldehydes is 1. The molecule has 74 valence electrons. The van der Waals surface area contributed by atoms with Crippen molar-refractivity contribution in [2.24, 2.45) is 0 Å². The minimum atomic E-state index is -0.409. The zero-order valence-corrected chi connectivity index (χ0v) is 7.50. The van der Waals surface area contributed by atoms with E-state index in [0.29, 0.717) is 11.8 Å². The van der Waals surface area contributed by atoms with Gasteiger partial charge in [-0.15, -0.1) is 0 Å². The molecule has 0 aliphatic rings. The van der Waals surface area contributed by atoms with E-state index in [2.05, 4.69) is 5.32 Å². The fourth-order valence-corrected chi connectivity index (χ4v) is 1.03. The molecule has 1 rings (SSSR count). The van der Waals surface area contributed by atoms with Gasteiger partial charge in [0.1, 0.15) is 12.1 Å². The van der Waals surface area contributed by atoms with Gasteiger partial charge in [-0.2, -0.15) is 0 Å². The van der Waals surface area contributed by atoms with E-state index in [1.54, 1.807) is 12.1 Å². The Hall–Kier alpha value is -1.71. The number of hydrogen-bond acceptors (Lipinski definition) is 2. The van der Waals surface area contributed by atoms with E-state index in [9.17, 15) is 14.0 Å². The van der Waals surface area contributed by atoms with Crippen molar-refractivity contribution in [3.05, 3.63) is 35.6 Å². The predicted octanol–water partition coefficient (Wildman–Crippen LogP) is 0.683. The maximum Gasteiger partial charge on any atom is 0.224 e. The summed E-state index contributed by atoms with van der Waals surface area (Å²) in [4.78, 5) is 21.0. The number of halogens is 1. The highest BCUT2D eigenvalue weighted by atomic mass is 19.1. The van der Waals surface area contributed by atoms with Crippen LogP contribution in [0, 0.1) is 5.82 Å². The zero-order chi connectivity index (χ0) is 10.4. The Kier molecular flexibility index (Phi) is 3.79. The van der Waals surface area contributed by atoms with Crippen molar-refractivity contribution in [3.8, 4) is 0 Å². The molecular formula is C10H10FNO2. The molecule has 14 heavy (non-hydrogen) atoms. The summed E-state index contributed by atoms with van der Waals surface area (Å²) < 4.78 is 13.0. The van der Waals surface area contributed by atoms with Crippen LogP contribution in [0.5, 0.6) is 0 Å². The number of hydrogen-bond donors (Lipinski definition) is 1. The van der Waals surface area contributed by atoms with Gasteiger partial charge in [0, 0.05) is 0 Å². The van der Waals surface area contributed by atoms with Gasteiger partial charge < -0.3 is 10.1 Å². The van der Waals surface area contributed by atoms with Gasteiger partial charge in [-0.1, -0.05) is 18.2 Å². The number of carbonyl (C=O) groups is 2. The van der Waals surface area contributed by atoms with Gasteiger partial charge >= 0.3 is 0 Å². The molecule has 0 aliphatic carbocycles. The van der Waals surface area contributed by atoms with Gasteiger partial charge in [0.2, 0.25) is 5.91 Å². The van der Waals surface area contributed by atoms with E-state index in [4.69, 9.17) is 0 Å². The molecule has 0 heterocycles. The molecule has 0 aromatic heterocycles. The molecule has 0 fully saturated rings. The predicted molar refractivity (Wildman–Crippen MR) is 49.2 cm³/mol. The first kappa shape index (κ1) is 10.4. The first-order valence-electron chi connectivity index (χ1n) is 4.18. The average molecular weight is 195 g/mol. The molecule has 0 unspecified atom stereocenters. The summed E-state index contributed by atoms with van der Waals surface area (Å²) in [6.45, 7) is -0.0344. The molecule has 1 N–H and O–H groups in total. The molecule has 4 heteroatoms. The second kappa shape index (κ2) is 5.11. The second-order valence-corrected chi connectivity index (χ2v) is 2.74. The Morgan fingerprint density at radius 2 is 2.14 bits per heavy atom. The summed E-state index contributed by atoms with van der Waals surface area (Å²) in [6, 6.07) is 6.05. The summed E-state index contributed by atoms with van der Waals surface area (Å²) in [5.41, 5.74) is 0.330. The minimum Gasteiger partial charge on any atom is -0.349 e. The molecule has 0 saturated carbocycles. The number of carbonyl (C=O) groups excluding carboxylic acids is 2. The molecule has 0 bridgehead atoms. The summed E-state index contributed by atoms with van der Waals surface area (Å²) in [7, 11) is 0. The van der Waals surface area contributed by atoms with Crippen LogP contribution in [0.3, 0.4) is 0 Å². The lowest BCUT2D eigenvalue weighted by Gasteiger charge is -2.02. The van der Waals surface area contributed by atoms with Crippen molar-refractivity contribution in [3.63, 3.8) is 0 Å². The maximum absolute atomic E-state index is 13.0. The van der Waals surface area contributed by atoms with Crippen LogP contribution >= 0.6 is 0 Å². The van der Waals surface area contributed by atoms with Gasteiger partial charge in [-0.3, -0.25) is 4.79 Å². The Bertz CT molecular complexity index is 339. The van der Waals surface area contributed by atoms with E-state index in [1.165, 1.54) is 12.1 Å². The van der Waals surface area contributed by atoms with Crippen LogP contribution in [0.2, 0.25) is 0 Å². The lowest BCUT2D eigenvalue weighted by atomic mass is 10.1. The molecule has 0 saturated heterocycles. The Labute approximate surface area is 80.9 Å². The molecule has 0 aliphatic heterocycles. The number of nitrogens with one attached hydrogen (secondary N) is 1. The van der Waals surface area contributed by atoms with Crippen molar-refractivity contribution >= 4 is 12.2 Å². The smallest absolute Gasteiger partial charge is 0.224 e. The molecule has 0 spiro atoms. The van der Waals surface area contributed by atoms with Gasteiger partial charge in [-0.25, -0.2) is 4.39 Å². The van der Waals surface area contributed by atoms with Gasteiger partial charge in [0.25, 0.3) is 0 Å². The van der Waals surface area contributed by atoms with Crippen LogP contribution < -0.4 is 5.32 Å². The van der Waals surface area contributed by atoms with Crippen LogP contribution in [-0.2, 0) is 16.0 Å². The largest absolute Gasteiger partial charge is 0.349 e. The van der Waals surface area contributed by atoms with Gasteiger partial charge in [0.15, 0.2) is 0 Å². The Morgan fingerprint density at radius 3 is 2.79 bits per heavy atom. The summed E-state index contributed by atoms with van der Waals surface area (Å²) >= 11 is 0. The first-order valence-corrected chi connectivity index (χ1v) is 4.18. The third-order valence-electron chi connectivity index (χ3n) is 1.69. The summed E-state index contributed by atoms with van der Waals surface area (Å²) in [6.07, 6.45) is 0.541. The van der Waals surface area contributed by atoms with E-state index in [1.807, 2.05) is 0 Å². The number of amides is 1. The lowest BCUT2D eigenvalue weighted by Crippen LogP contribution is -2.26. The van der Waals surface area contributed by atoms with Crippen LogP contribution in [-0.4, -0.2) is 18.7 Å². The van der Waals surface area contributed by atoms with Crippen molar-refractivity contribution < 1.29 is 14.0 Å². The van der Waals surface area contributed by atoms with Crippen molar-refractivity contribution in [2.45, 2.75) is 6.42 Å². The van der Waals surface area contributed by atoms with E-state index < -0.39 is 5.82 Å². The van der Waals surface area contributed by atoms with E-state index >= 15 is 0 Å². The Balaban J connectivity index is 2.56. The topological polar surface area (TPSA) is 46.2 Å². The third-order valence-corrected chi connectivity index (χ3v) is 1.69. The van der Waals surface area contributed by atoms with Crippen molar-refractivity contribution in [2.75, 3.05) is 6.54 Å². The number of rotatable bonds is 4. The lowest BCUT2D eigenvalue weighted by molar-refractivity contribution is -0.121. The molecular weight excluding hydrogens is 185 g/mol. The number of benzene rings is 1. The van der Waals surface area contributed by atoms with Gasteiger partial charge in [0.05, 0.1) is 13.0 Å². The molecule has 3 nitrogen and oxygen atoms in total. The molecule has 0 radical (unpaired) electrons. The average Bonchev–Trinajstić information content (AvgIpc) is 2.18. The fraction of sp³-hybridized carbons (Fsp3) is 0.200. The van der Waals surface area contributed by atoms with E-state index in [0.717, 1.165) is 0 Å². The SMILES string of the molecule is O=CCNC(=O)Cc1ccccc1F. The Morgan fingerprint density at radius 1 is 1.43 bits per heavy atom. The van der Waals surface area contributed by atoms with Crippen molar-refractivity contribution in [1.29, 1.82) is 0 Å². The van der Waals surface area contributed by atoms with Crippen LogP contribution in [0.4, 0.5) is 4.39 Å². The quantitative estimate of drug-likeness (QED) is 0.718. The molecule has 1 aromatic rings. The normalized spacial score (nSPS) is 9.50. The molecule has 1 aromatic carbocycles. The molecule has 0 atom stereocenters. The van der Waals surface area contributed by atoms with Crippen LogP contribution in [0.15, 0.2) is 24.3 Å². The van der Waals surface area contributed by atoms with Crippen LogP contribution in [0.25, 0.3) is 0 Å². The maximum atomic E-state index is 13.0. The fourth-order valence-electron chi connectivity index (χ4n) is 1.03. The zero-order valence-electron chi connectivity index (χ0n) is 7.50. The standard InChI is InChI=1S/C10H10FNO2/c11-9-4-2-1-3-8(9)7-10(14)12-5-6-13/h1-4,6H,5,7H2,(H,12,14). The highest BCUT2D eigenvalue weighted by molar-refractivity contribution is 5.80. The van der Waals surface area contributed by atoms with Crippen molar-refractivity contribution in [1.82, 2.24) is 5.32 Å². The molecule has 1 amide bonds. The highest BCUT2D eigenvalue weighted by Crippen LogP contribution is 2.06. The minimum absolute atomic E-state index is 0.0344. The highest BCUT2D eigenvalue weighted by Gasteiger charge is 2.05. The second-order valence-electron chi connectivity index (χ2n) is 2.74. The van der Waals surface area contributed by atoms with Crippen LogP contribution in [0.1, 0.15) is 5.56 Å². The monoisotopic (exact) mass is 195 g/mol. The summed E-state index contributed by atoms with van der Waals surface area (Å²) in [5.74, 6) is -0.768. The third kappa shape index (κ3) is 2.97. The van der Waals surface area contributed by atoms with Gasteiger partial charge in [-0.05, 0) is 11.6 Å². The summed E-state index contributed by atoms with van der Waals surface area (Å²) in [5, 5.41) is 2.33. The van der Waals surface area contributed by atoms with E-state index in [-0.39, 0.29) is 18.9 Å². The first-order chi connectivity index (χ1) is 6.74.